The molecular formula is C12H17N5O3. The third-order valence-corrected chi connectivity index (χ3v) is 2.89. The number of carbonyl (C=O) groups is 2. The van der Waals surface area contributed by atoms with Crippen molar-refractivity contribution in [2.75, 3.05) is 18.1 Å². The van der Waals surface area contributed by atoms with E-state index in [1.165, 1.54) is 13.4 Å². The number of nitrogens with zero attached hydrogens (tertiary/aromatic N) is 3. The maximum absolute atomic E-state index is 11.8. The lowest BCUT2D eigenvalue weighted by molar-refractivity contribution is -0.136. The largest absolute Gasteiger partial charge is 0.473 e. The molecule has 1 aliphatic rings. The Labute approximate surface area is 116 Å². The van der Waals surface area contributed by atoms with E-state index in [0.29, 0.717) is 0 Å². The zero-order chi connectivity index (χ0) is 14.9. The first-order valence-corrected chi connectivity index (χ1v) is 6.24. The Balaban J connectivity index is 2.18. The van der Waals surface area contributed by atoms with Crippen molar-refractivity contribution in [3.05, 3.63) is 6.33 Å². The molecule has 1 aliphatic heterocycles. The summed E-state index contributed by atoms with van der Waals surface area (Å²) in [5, 5.41) is 2.87. The van der Waals surface area contributed by atoms with Crippen LogP contribution < -0.4 is 15.8 Å². The monoisotopic (exact) mass is 279 g/mol. The van der Waals surface area contributed by atoms with Crippen LogP contribution in [-0.2, 0) is 9.59 Å². The first-order chi connectivity index (χ1) is 9.40. The minimum Gasteiger partial charge on any atom is -0.473 e. The van der Waals surface area contributed by atoms with Gasteiger partial charge in [-0.2, -0.15) is 4.98 Å². The molecule has 1 unspecified atom stereocenters. The van der Waals surface area contributed by atoms with Gasteiger partial charge in [0.1, 0.15) is 18.1 Å². The number of ether oxygens (including phenoxy) is 1. The van der Waals surface area contributed by atoms with E-state index in [-0.39, 0.29) is 41.7 Å². The van der Waals surface area contributed by atoms with Crippen molar-refractivity contribution in [1.82, 2.24) is 14.9 Å². The molecule has 1 saturated heterocycles. The molecule has 0 bridgehead atoms. The lowest BCUT2D eigenvalue weighted by Crippen LogP contribution is -2.32. The molecule has 8 nitrogen and oxygen atoms in total. The van der Waals surface area contributed by atoms with Crippen molar-refractivity contribution in [2.24, 2.45) is 0 Å². The predicted octanol–water partition coefficient (Wildman–Crippen LogP) is 0.0152. The highest BCUT2D eigenvalue weighted by Gasteiger charge is 2.36. The minimum absolute atomic E-state index is 0.0825. The summed E-state index contributed by atoms with van der Waals surface area (Å²) >= 11 is 0. The normalized spacial score (nSPS) is 18.8. The molecule has 1 aromatic rings. The minimum atomic E-state index is -0.656. The van der Waals surface area contributed by atoms with Crippen molar-refractivity contribution in [3.8, 4) is 5.88 Å². The molecule has 2 heterocycles. The Morgan fingerprint density at radius 1 is 1.45 bits per heavy atom. The van der Waals surface area contributed by atoms with Crippen LogP contribution in [0.1, 0.15) is 20.3 Å². The Hall–Kier alpha value is -2.38. The topological polar surface area (TPSA) is 110 Å². The molecule has 1 aromatic heterocycles. The van der Waals surface area contributed by atoms with Gasteiger partial charge in [-0.25, -0.2) is 4.98 Å². The molecule has 3 N–H and O–H groups in total. The van der Waals surface area contributed by atoms with Gasteiger partial charge in [0.2, 0.25) is 11.8 Å². The number of anilines is 2. The molecule has 8 heteroatoms. The maximum atomic E-state index is 11.8. The molecule has 0 aromatic carbocycles. The average molecular weight is 279 g/mol. The summed E-state index contributed by atoms with van der Waals surface area (Å²) in [6.07, 6.45) is 1.29. The first-order valence-electron chi connectivity index (χ1n) is 6.24. The number of hydrogen-bond donors (Lipinski definition) is 2. The van der Waals surface area contributed by atoms with Crippen LogP contribution in [0.25, 0.3) is 0 Å². The van der Waals surface area contributed by atoms with Crippen molar-refractivity contribution in [3.63, 3.8) is 0 Å². The molecule has 1 atom stereocenters. The second-order valence-corrected chi connectivity index (χ2v) is 4.80. The van der Waals surface area contributed by atoms with Crippen LogP contribution in [0.15, 0.2) is 6.33 Å². The fraction of sp³-hybridized carbons (Fsp3) is 0.500. The Kier molecular flexibility index (Phi) is 3.73. The zero-order valence-electron chi connectivity index (χ0n) is 11.6. The summed E-state index contributed by atoms with van der Waals surface area (Å²) in [5.41, 5.74) is 6.12. The number of aromatic nitrogens is 2. The molecular weight excluding hydrogens is 262 g/mol. The standard InChI is InChI=1S/C12H17N5O3/c1-6(2)20-11-9(13)10(14-5-15-11)16-7-4-8(18)17(3)12(7)19/h5-7H,4,13H2,1-3H3,(H,14,15,16). The van der Waals surface area contributed by atoms with Gasteiger partial charge >= 0.3 is 0 Å². The summed E-state index contributed by atoms with van der Waals surface area (Å²) < 4.78 is 5.44. The van der Waals surface area contributed by atoms with Gasteiger partial charge in [0, 0.05) is 7.05 Å². The lowest BCUT2D eigenvalue weighted by atomic mass is 10.2. The second-order valence-electron chi connectivity index (χ2n) is 4.80. The molecule has 2 amide bonds. The van der Waals surface area contributed by atoms with E-state index in [1.54, 1.807) is 0 Å². The number of nitrogens with one attached hydrogen (secondary N) is 1. The van der Waals surface area contributed by atoms with Crippen LogP contribution in [0.2, 0.25) is 0 Å². The average Bonchev–Trinajstić information content (AvgIpc) is 2.61. The third kappa shape index (κ3) is 2.63. The molecule has 0 aliphatic carbocycles. The van der Waals surface area contributed by atoms with E-state index >= 15 is 0 Å². The van der Waals surface area contributed by atoms with Gasteiger partial charge in [0.05, 0.1) is 12.5 Å². The number of imide groups is 1. The summed E-state index contributed by atoms with van der Waals surface area (Å²) in [6, 6.07) is -0.656. The fourth-order valence-electron chi connectivity index (χ4n) is 1.84. The van der Waals surface area contributed by atoms with Crippen LogP contribution in [0.4, 0.5) is 11.5 Å². The Bertz CT molecular complexity index is 546. The first kappa shape index (κ1) is 14.0. The number of carbonyl (C=O) groups excluding carboxylic acids is 2. The SMILES string of the molecule is CC(C)Oc1ncnc(NC2CC(=O)N(C)C2=O)c1N. The van der Waals surface area contributed by atoms with Gasteiger partial charge in [0.15, 0.2) is 5.82 Å². The molecule has 2 rings (SSSR count). The van der Waals surface area contributed by atoms with E-state index in [0.717, 1.165) is 4.90 Å². The third-order valence-electron chi connectivity index (χ3n) is 2.89. The quantitative estimate of drug-likeness (QED) is 0.747. The van der Waals surface area contributed by atoms with E-state index in [2.05, 4.69) is 15.3 Å². The van der Waals surface area contributed by atoms with Crippen molar-refractivity contribution < 1.29 is 14.3 Å². The second kappa shape index (κ2) is 5.32. The molecule has 1 fully saturated rings. The highest BCUT2D eigenvalue weighted by atomic mass is 16.5. The number of nitrogen functional groups attached to an aromatic ring is 1. The number of nitrogens with two attached hydrogens (primary N) is 1. The fourth-order valence-corrected chi connectivity index (χ4v) is 1.84. The summed E-state index contributed by atoms with van der Waals surface area (Å²) in [6.45, 7) is 3.70. The van der Waals surface area contributed by atoms with Crippen LogP contribution in [0.5, 0.6) is 5.88 Å². The maximum Gasteiger partial charge on any atom is 0.251 e. The summed E-state index contributed by atoms with van der Waals surface area (Å²) in [7, 11) is 1.45. The van der Waals surface area contributed by atoms with Gasteiger partial charge in [-0.1, -0.05) is 0 Å². The van der Waals surface area contributed by atoms with Crippen LogP contribution in [-0.4, -0.2) is 45.9 Å². The van der Waals surface area contributed by atoms with E-state index in [1.807, 2.05) is 13.8 Å². The number of amides is 2. The highest BCUT2D eigenvalue weighted by Crippen LogP contribution is 2.27. The van der Waals surface area contributed by atoms with E-state index in [9.17, 15) is 9.59 Å². The number of likely N-dealkylation sites (tertiary alicyclic amines) is 1. The van der Waals surface area contributed by atoms with Gasteiger partial charge in [-0.05, 0) is 13.8 Å². The van der Waals surface area contributed by atoms with Gasteiger partial charge in [-0.15, -0.1) is 0 Å². The van der Waals surface area contributed by atoms with Crippen molar-refractivity contribution in [1.29, 1.82) is 0 Å². The van der Waals surface area contributed by atoms with Crippen LogP contribution in [0, 0.1) is 0 Å². The van der Waals surface area contributed by atoms with Crippen molar-refractivity contribution in [2.45, 2.75) is 32.4 Å². The van der Waals surface area contributed by atoms with E-state index in [4.69, 9.17) is 10.5 Å². The number of rotatable bonds is 4. The highest BCUT2D eigenvalue weighted by molar-refractivity contribution is 6.06. The Morgan fingerprint density at radius 3 is 2.70 bits per heavy atom. The summed E-state index contributed by atoms with van der Waals surface area (Å²) in [5.74, 6) is -0.00199. The molecule has 0 radical (unpaired) electrons. The van der Waals surface area contributed by atoms with Gasteiger partial charge in [0.25, 0.3) is 5.91 Å². The molecule has 0 saturated carbocycles. The smallest absolute Gasteiger partial charge is 0.251 e. The predicted molar refractivity (Wildman–Crippen MR) is 72.0 cm³/mol. The van der Waals surface area contributed by atoms with Gasteiger partial charge in [-0.3, -0.25) is 14.5 Å². The summed E-state index contributed by atoms with van der Waals surface area (Å²) in [4.78, 5) is 32.3. The van der Waals surface area contributed by atoms with Crippen LogP contribution in [0.3, 0.4) is 0 Å². The van der Waals surface area contributed by atoms with E-state index < -0.39 is 6.04 Å². The Morgan fingerprint density at radius 2 is 2.15 bits per heavy atom. The molecule has 0 spiro atoms. The van der Waals surface area contributed by atoms with Gasteiger partial charge < -0.3 is 15.8 Å². The molecule has 108 valence electrons. The van der Waals surface area contributed by atoms with Crippen LogP contribution >= 0.6 is 0 Å². The molecule has 20 heavy (non-hydrogen) atoms. The lowest BCUT2D eigenvalue weighted by Gasteiger charge is -2.16. The number of hydrogen-bond acceptors (Lipinski definition) is 7. The number of likely N-dealkylation sites (N-methyl/N-ethyl adjacent to an activating group) is 1. The van der Waals surface area contributed by atoms with Crippen molar-refractivity contribution >= 4 is 23.3 Å². The zero-order valence-corrected chi connectivity index (χ0v) is 11.6.